The largest absolute Gasteiger partial charge is 0.394 e. The number of amidine groups is 1. The molecule has 0 aromatic carbocycles. The van der Waals surface area contributed by atoms with Gasteiger partial charge in [0.1, 0.15) is 18.3 Å². The Morgan fingerprint density at radius 1 is 1.40 bits per heavy atom. The minimum atomic E-state index is -1.78. The maximum Gasteiger partial charge on any atom is 0.369 e. The van der Waals surface area contributed by atoms with Gasteiger partial charge in [-0.05, 0) is 13.0 Å². The number of aliphatic hydroxyl groups excluding tert-OH is 2. The van der Waals surface area contributed by atoms with E-state index < -0.39 is 37.1 Å². The molecule has 0 saturated carbocycles. The van der Waals surface area contributed by atoms with Gasteiger partial charge in [0.15, 0.2) is 12.0 Å². The van der Waals surface area contributed by atoms with Gasteiger partial charge in [-0.1, -0.05) is 0 Å². The van der Waals surface area contributed by atoms with Gasteiger partial charge in [-0.2, -0.15) is 9.98 Å². The Hall–Kier alpha value is -1.77. The average Bonchev–Trinajstić information content (AvgIpc) is 2.90. The first-order valence-electron chi connectivity index (χ1n) is 6.08. The Bertz CT molecular complexity index is 596. The number of carbonyl (C=O) groups is 1. The smallest absolute Gasteiger partial charge is 0.369 e. The molecule has 1 fully saturated rings. The van der Waals surface area contributed by atoms with Crippen LogP contribution in [-0.4, -0.2) is 64.6 Å². The monoisotopic (exact) mass is 281 g/mol. The van der Waals surface area contributed by atoms with E-state index in [1.807, 2.05) is 0 Å². The van der Waals surface area contributed by atoms with Crippen LogP contribution in [0.25, 0.3) is 0 Å². The molecular formula is C12H12FN3O4. The molecule has 0 radical (unpaired) electrons. The second-order valence-corrected chi connectivity index (χ2v) is 4.74. The zero-order valence-corrected chi connectivity index (χ0v) is 10.5. The molecule has 0 aromatic heterocycles. The van der Waals surface area contributed by atoms with E-state index in [-0.39, 0.29) is 11.5 Å². The average molecular weight is 281 g/mol. The quantitative estimate of drug-likeness (QED) is 0.732. The topological polar surface area (TPSA) is 104 Å². The summed E-state index contributed by atoms with van der Waals surface area (Å²) in [5, 5.41) is 18.7. The molecule has 0 spiro atoms. The number of fused-ring (bicyclic) bond motifs is 1. The van der Waals surface area contributed by atoms with Crippen LogP contribution in [0.5, 0.6) is 0 Å². The first kappa shape index (κ1) is 13.2. The number of alkyl halides is 1. The lowest BCUT2D eigenvalue weighted by Gasteiger charge is -2.18. The van der Waals surface area contributed by atoms with Crippen LogP contribution in [0, 0.1) is 0 Å². The highest BCUT2D eigenvalue weighted by molar-refractivity contribution is 6.37. The number of amides is 2. The Kier molecular flexibility index (Phi) is 3.08. The molecule has 7 nitrogen and oxygen atoms in total. The second kappa shape index (κ2) is 4.65. The van der Waals surface area contributed by atoms with Crippen molar-refractivity contribution >= 4 is 23.3 Å². The molecule has 2 N–H and O–H groups in total. The molecule has 20 heavy (non-hydrogen) atoms. The van der Waals surface area contributed by atoms with Crippen molar-refractivity contribution in [1.29, 1.82) is 0 Å². The molecule has 0 bridgehead atoms. The first-order valence-corrected chi connectivity index (χ1v) is 6.08. The number of hydrogen-bond donors (Lipinski definition) is 2. The van der Waals surface area contributed by atoms with Crippen molar-refractivity contribution in [2.24, 2.45) is 15.0 Å². The summed E-state index contributed by atoms with van der Waals surface area (Å²) in [4.78, 5) is 22.8. The normalized spacial score (nSPS) is 36.3. The molecule has 3 heterocycles. The summed E-state index contributed by atoms with van der Waals surface area (Å²) < 4.78 is 19.4. The number of aliphatic hydroxyl groups is 2. The van der Waals surface area contributed by atoms with Gasteiger partial charge in [-0.3, -0.25) is 0 Å². The zero-order chi connectivity index (χ0) is 14.4. The highest BCUT2D eigenvalue weighted by Gasteiger charge is 2.48. The standard InChI is InChI=1S/C12H12FN3O4/c1-4-2-5-8(15-12(19)16-11(5)14-4)10-7(13)9(18)6(3-17)20-10/h2,6-7,9-10,17-18H,3H2,1H3/t6-,7-,9+,10?/m1/s1. The maximum atomic E-state index is 14.1. The Morgan fingerprint density at radius 3 is 2.80 bits per heavy atom. The summed E-state index contributed by atoms with van der Waals surface area (Å²) >= 11 is 0. The third-order valence-electron chi connectivity index (χ3n) is 3.34. The van der Waals surface area contributed by atoms with Gasteiger partial charge in [0.25, 0.3) is 0 Å². The summed E-state index contributed by atoms with van der Waals surface area (Å²) in [7, 11) is 0. The molecule has 0 aliphatic carbocycles. The molecule has 1 unspecified atom stereocenters. The number of allylic oxidation sites excluding steroid dienone is 1. The van der Waals surface area contributed by atoms with E-state index >= 15 is 0 Å². The van der Waals surface area contributed by atoms with Gasteiger partial charge in [0, 0.05) is 11.3 Å². The van der Waals surface area contributed by atoms with Crippen LogP contribution in [-0.2, 0) is 4.74 Å². The second-order valence-electron chi connectivity index (χ2n) is 4.74. The van der Waals surface area contributed by atoms with Gasteiger partial charge >= 0.3 is 6.03 Å². The molecule has 8 heteroatoms. The molecule has 2 amide bonds. The van der Waals surface area contributed by atoms with E-state index in [2.05, 4.69) is 15.0 Å². The number of halogens is 1. The maximum absolute atomic E-state index is 14.1. The summed E-state index contributed by atoms with van der Waals surface area (Å²) in [5.74, 6) is 0.176. The molecule has 3 aliphatic rings. The molecular weight excluding hydrogens is 269 g/mol. The van der Waals surface area contributed by atoms with Crippen molar-refractivity contribution in [3.63, 3.8) is 0 Å². The van der Waals surface area contributed by atoms with Crippen LogP contribution in [0.15, 0.2) is 26.6 Å². The predicted octanol–water partition coefficient (Wildman–Crippen LogP) is -0.181. The summed E-state index contributed by atoms with van der Waals surface area (Å²) in [6.45, 7) is 1.19. The number of carbonyl (C=O) groups excluding carboxylic acids is 1. The fourth-order valence-electron chi connectivity index (χ4n) is 2.40. The number of hydrogen-bond acceptors (Lipinski definition) is 5. The zero-order valence-electron chi connectivity index (χ0n) is 10.5. The van der Waals surface area contributed by atoms with Crippen molar-refractivity contribution < 1.29 is 24.1 Å². The molecule has 106 valence electrons. The summed E-state index contributed by atoms with van der Waals surface area (Å²) in [6.07, 6.45) is -3.88. The number of urea groups is 1. The van der Waals surface area contributed by atoms with Gasteiger partial charge in [0.2, 0.25) is 0 Å². The van der Waals surface area contributed by atoms with Crippen LogP contribution in [0.1, 0.15) is 6.92 Å². The number of nitrogens with zero attached hydrogens (tertiary/aromatic N) is 3. The van der Waals surface area contributed by atoms with Crippen LogP contribution < -0.4 is 0 Å². The first-order chi connectivity index (χ1) is 9.51. The Labute approximate surface area is 113 Å². The molecule has 0 aromatic rings. The van der Waals surface area contributed by atoms with Crippen molar-refractivity contribution in [3.05, 3.63) is 11.6 Å². The van der Waals surface area contributed by atoms with Crippen molar-refractivity contribution in [1.82, 2.24) is 0 Å². The van der Waals surface area contributed by atoms with E-state index in [0.717, 1.165) is 0 Å². The Balaban J connectivity index is 1.95. The van der Waals surface area contributed by atoms with E-state index in [0.29, 0.717) is 11.3 Å². The van der Waals surface area contributed by atoms with Gasteiger partial charge < -0.3 is 14.9 Å². The van der Waals surface area contributed by atoms with Crippen molar-refractivity contribution in [3.8, 4) is 0 Å². The predicted molar refractivity (Wildman–Crippen MR) is 68.1 cm³/mol. The number of rotatable bonds is 2. The highest BCUT2D eigenvalue weighted by atomic mass is 19.1. The minimum Gasteiger partial charge on any atom is -0.394 e. The van der Waals surface area contributed by atoms with Crippen LogP contribution >= 0.6 is 0 Å². The fourth-order valence-corrected chi connectivity index (χ4v) is 2.40. The van der Waals surface area contributed by atoms with E-state index in [4.69, 9.17) is 9.84 Å². The SMILES string of the molecule is CC1=NC2=NC(=O)N=C(C3O[C@H](CO)[C@H](O)[C@H]3F)C2=C1. The third-order valence-corrected chi connectivity index (χ3v) is 3.34. The van der Waals surface area contributed by atoms with E-state index in [1.165, 1.54) is 0 Å². The van der Waals surface area contributed by atoms with Crippen molar-refractivity contribution in [2.75, 3.05) is 6.61 Å². The van der Waals surface area contributed by atoms with Crippen LogP contribution in [0.2, 0.25) is 0 Å². The number of aliphatic imine (C=N–C) groups is 3. The van der Waals surface area contributed by atoms with E-state index in [9.17, 15) is 14.3 Å². The summed E-state index contributed by atoms with van der Waals surface area (Å²) in [6, 6.07) is -0.789. The lowest BCUT2D eigenvalue weighted by Crippen LogP contribution is -2.36. The lowest BCUT2D eigenvalue weighted by molar-refractivity contribution is -0.00769. The van der Waals surface area contributed by atoms with Gasteiger partial charge in [-0.15, -0.1) is 0 Å². The molecule has 1 saturated heterocycles. The third kappa shape index (κ3) is 1.92. The van der Waals surface area contributed by atoms with E-state index in [1.54, 1.807) is 13.0 Å². The van der Waals surface area contributed by atoms with Crippen LogP contribution in [0.3, 0.4) is 0 Å². The molecule has 4 atom stereocenters. The fraction of sp³-hybridized carbons (Fsp3) is 0.500. The lowest BCUT2D eigenvalue weighted by atomic mass is 9.98. The number of ether oxygens (including phenoxy) is 1. The minimum absolute atomic E-state index is 0.0584. The van der Waals surface area contributed by atoms with Crippen LogP contribution in [0.4, 0.5) is 9.18 Å². The Morgan fingerprint density at radius 2 is 2.15 bits per heavy atom. The molecule has 3 aliphatic heterocycles. The van der Waals surface area contributed by atoms with Gasteiger partial charge in [-0.25, -0.2) is 14.2 Å². The summed E-state index contributed by atoms with van der Waals surface area (Å²) in [5.41, 5.74) is 1.09. The molecule has 3 rings (SSSR count). The van der Waals surface area contributed by atoms with Gasteiger partial charge in [0.05, 0.1) is 12.3 Å². The highest BCUT2D eigenvalue weighted by Crippen LogP contribution is 2.30. The van der Waals surface area contributed by atoms with Crippen molar-refractivity contribution in [2.45, 2.75) is 31.4 Å².